The number of aliphatic hydroxyl groups excluding tert-OH is 1. The van der Waals surface area contributed by atoms with E-state index in [1.165, 1.54) is 84.6 Å². The summed E-state index contributed by atoms with van der Waals surface area (Å²) in [7, 11) is 10.9. The van der Waals surface area contributed by atoms with E-state index >= 15 is 0 Å². The van der Waals surface area contributed by atoms with Gasteiger partial charge in [0.15, 0.2) is 69.0 Å². The Hall–Kier alpha value is -13.8. The van der Waals surface area contributed by atoms with Crippen LogP contribution in [0, 0.1) is 54.8 Å². The number of pyridine rings is 5. The van der Waals surface area contributed by atoms with Gasteiger partial charge in [-0.05, 0) is 232 Å². The molecule has 0 aromatic carbocycles. The zero-order valence-corrected chi connectivity index (χ0v) is 92.7. The number of amides is 3. The van der Waals surface area contributed by atoms with Crippen LogP contribution in [0.2, 0.25) is 0 Å². The van der Waals surface area contributed by atoms with Gasteiger partial charge in [-0.15, -0.1) is 12.4 Å². The number of aliphatic carboxylic acids is 1. The molecule has 0 aliphatic carbocycles. The van der Waals surface area contributed by atoms with Gasteiger partial charge < -0.3 is 64.5 Å². The predicted octanol–water partition coefficient (Wildman–Crippen LogP) is 10.8. The van der Waals surface area contributed by atoms with E-state index < -0.39 is 79.7 Å². The number of fused-ring (bicyclic) bond motifs is 5. The van der Waals surface area contributed by atoms with Crippen LogP contribution in [-0.4, -0.2) is 256 Å². The number of aliphatic hydroxyl groups is 1. The normalized spacial score (nSPS) is 10.3. The van der Waals surface area contributed by atoms with Crippen molar-refractivity contribution < 1.29 is 121 Å². The Balaban J connectivity index is 0.000000861. The van der Waals surface area contributed by atoms with Gasteiger partial charge >= 0.3 is 65.7 Å². The molecule has 785 valence electrons. The number of hydrogen-bond donors (Lipinski definition) is 10. The van der Waals surface area contributed by atoms with Crippen LogP contribution in [0.4, 0.5) is 76.3 Å². The van der Waals surface area contributed by atoms with E-state index in [2.05, 4.69) is 217 Å². The number of aromatic nitrogens is 25. The summed E-state index contributed by atoms with van der Waals surface area (Å²) in [4.78, 5) is 175. The first-order chi connectivity index (χ1) is 67.3. The fourth-order valence-corrected chi connectivity index (χ4v) is 13.5. The number of carboxylic acids is 1. The molecule has 0 fully saturated rings. The van der Waals surface area contributed by atoms with Crippen LogP contribution >= 0.6 is 125 Å². The molecule has 148 heavy (non-hydrogen) atoms. The van der Waals surface area contributed by atoms with Crippen molar-refractivity contribution in [3.8, 4) is 23.3 Å². The largest absolute Gasteiger partial charge is 1.00 e. The van der Waals surface area contributed by atoms with Crippen LogP contribution in [0.1, 0.15) is 105 Å². The number of nitrogens with zero attached hydrogens (tertiary/aromatic N) is 28. The summed E-state index contributed by atoms with van der Waals surface area (Å²) in [6.45, 7) is 20.2. The minimum absolute atomic E-state index is 0. The first kappa shape index (κ1) is 132. The number of nitrogens with one attached hydrogen (secondary N) is 5. The Labute approximate surface area is 938 Å². The van der Waals surface area contributed by atoms with Crippen LogP contribution in [0.5, 0.6) is 0 Å². The van der Waals surface area contributed by atoms with Gasteiger partial charge in [-0.25, -0.2) is 113 Å². The van der Waals surface area contributed by atoms with Gasteiger partial charge in [-0.1, -0.05) is 28.4 Å². The summed E-state index contributed by atoms with van der Waals surface area (Å²) in [5.74, 6) is 0.275. The molecule has 15 aromatic heterocycles. The van der Waals surface area contributed by atoms with Crippen molar-refractivity contribution in [2.45, 2.75) is 122 Å². The Kier molecular flexibility index (Phi) is 55.7. The molecule has 66 heteroatoms. The molecule has 57 nitrogen and oxygen atoms in total. The number of carboxylic acid groups (broad SMARTS) is 1. The topological polar surface area (TPSA) is 767 Å². The number of likely N-dealkylation sites (N-methyl/N-ethyl adjacent to an activating group) is 1. The van der Waals surface area contributed by atoms with Crippen molar-refractivity contribution in [1.29, 1.82) is 0 Å². The van der Waals surface area contributed by atoms with E-state index in [0.717, 1.165) is 66.3 Å². The van der Waals surface area contributed by atoms with Crippen molar-refractivity contribution in [2.24, 2.45) is 0 Å². The van der Waals surface area contributed by atoms with Crippen LogP contribution in [-0.2, 0) is 47.8 Å². The molecular formula is C82H98BClFI5N36NaO21. The molecule has 0 aliphatic rings. The fraction of sp³-hybridized carbons (Fsp3) is 0.280. The van der Waals surface area contributed by atoms with Gasteiger partial charge in [-0.2, -0.15) is 48.6 Å². The Morgan fingerprint density at radius 1 is 0.480 bits per heavy atom. The fourth-order valence-electron chi connectivity index (χ4n) is 10.00. The number of anilines is 7. The average molecular weight is 2650 g/mol. The monoisotopic (exact) mass is 2650 g/mol. The molecule has 0 aliphatic heterocycles. The predicted molar refractivity (Wildman–Crippen MR) is 582 cm³/mol. The molecule has 0 atom stereocenters. The van der Waals surface area contributed by atoms with E-state index in [-0.39, 0.29) is 87.1 Å². The van der Waals surface area contributed by atoms with Gasteiger partial charge in [0.05, 0.1) is 65.5 Å². The maximum atomic E-state index is 12.1. The zero-order valence-electron chi connectivity index (χ0n) is 79.1. The number of H-pyrrole nitrogens is 1. The number of rotatable bonds is 14. The number of nitro groups is 3. The second-order valence-electron chi connectivity index (χ2n) is 30.1. The molecule has 0 saturated carbocycles. The molecule has 13 N–H and O–H groups in total. The summed E-state index contributed by atoms with van der Waals surface area (Å²) in [5.41, 5.74) is 18.8. The van der Waals surface area contributed by atoms with Gasteiger partial charge in [0.2, 0.25) is 11.9 Å². The van der Waals surface area contributed by atoms with Gasteiger partial charge in [-0.3, -0.25) is 56.2 Å². The molecule has 15 heterocycles. The summed E-state index contributed by atoms with van der Waals surface area (Å²) in [6.07, 6.45) is 14.0. The summed E-state index contributed by atoms with van der Waals surface area (Å²) < 4.78 is 40.8. The number of halogens is 7. The second-order valence-corrected chi connectivity index (χ2v) is 35.3. The smallest absolute Gasteiger partial charge is 0.793 e. The number of nitrogen functional groups attached to an aromatic ring is 3. The van der Waals surface area contributed by atoms with Crippen LogP contribution in [0.15, 0.2) is 135 Å². The number of nitrogens with two attached hydrogens (primary N) is 3. The Bertz CT molecular complexity index is 7000. The molecule has 15 aromatic rings. The molecule has 0 unspecified atom stereocenters. The third-order valence-corrected chi connectivity index (χ3v) is 19.4. The van der Waals surface area contributed by atoms with E-state index in [4.69, 9.17) is 41.6 Å². The molecule has 15 rings (SSSR count). The summed E-state index contributed by atoms with van der Waals surface area (Å²) >= 11 is 10.2. The number of ether oxygens (including phenoxy) is 3. The molecule has 0 saturated heterocycles. The third-order valence-electron chi connectivity index (χ3n) is 15.6. The van der Waals surface area contributed by atoms with Crippen molar-refractivity contribution in [3.63, 3.8) is 0 Å². The quantitative estimate of drug-likeness (QED) is 0.00706. The second kappa shape index (κ2) is 62.4. The Morgan fingerprint density at radius 3 is 1.08 bits per heavy atom. The standard InChI is InChI=1S/C16H18IN7O2.C15H14IN7O4.C15H16IN7O2.C10H6IN7O2.C6H11NO2.C5H3FN2O2.C5H4IN5.C4H6O4.C2H3BO2.CH4O.3CH4.ClH.Na/c1-16(2,3)26-15(25)22-13-11-12(17)23-24(14(11)21-8-20-13)10-6-5-9(18-4)7-19-10;1-15(2,3)27-14(24)20-12-10-11(16)21-22(13(10)19-7-18-12)9-5-4-8(6-17-9)23(25)26;1-15(2,3)25-14(24)21-12-10-11(16)22-23(13(10)20-7-19-12)9-5-4-8(17)6-18-9;11-8-7-9(12)14-4-15-10(7)17(16-8)6-2-1-5(3-13-6)18(19)20;1-7(2)5-3-4-6(8)9;6-5-2-1-4(3-7-5)8(9)10;6-3-2-4(7)8-1-9-5(2)11-10-3;1-3(5)7-8-4(2)6;1-2(4)5-3;1-2;;;;;/h5-8,18H,1-4H3,(H,20,21,22,25);4-7H,1-3H3,(H,18,19,20,24);4-7H,17H2,1-3H3,(H,19,20,21,24);1-4H,(H2,12,14,15);3-4H,5H2,1-2H3,(H,8,9);1-3H;1H,(H3,7,8,9,10,11);1-2H3;1H3;2H,1H3;3*1H4;1H;/q;;;;;;;;-1;;;;;;+1/b;;;;4-3+;;;;;;;;;;. The Morgan fingerprint density at radius 2 is 0.797 bits per heavy atom. The van der Waals surface area contributed by atoms with Crippen molar-refractivity contribution in [3.05, 3.63) is 190 Å². The van der Waals surface area contributed by atoms with Crippen LogP contribution in [0.25, 0.3) is 78.4 Å². The van der Waals surface area contributed by atoms with E-state index in [1.807, 2.05) is 83.4 Å². The number of carbonyl (C=O) groups is 7. The van der Waals surface area contributed by atoms with E-state index in [1.54, 1.807) is 96.1 Å². The first-order valence-electron chi connectivity index (χ1n) is 39.8. The average Bonchev–Trinajstić information content (AvgIpc) is 1.63. The SMILES string of the molecule is C.C.C.CC(=O)OOC(C)=O.CC(C)(C)OC(=O)Nc1ncnc2c1c(I)nn2-c1ccc(N)cn1.CC(C)(C)OC(=O)Nc1ncnc2c1c(I)nn2-c1ccc([N+](=O)[O-])cn1.CN(C)C/C=C/C(=O)O.CNc1ccc(-n2nc(I)c3c(NC(=O)OC(C)(C)C)ncnc32)nc1.CO.Cl.Nc1ncnc2c1c(I)nn2-c1ccc([N+](=O)[O-])cn1.Nc1ncnc2n[nH]c(I)c12.O=[N+]([O-])c1ccc(F)nc1.[B-]OC(C)=O.[Na+]. The number of carbonyl (C=O) groups excluding carboxylic acids is 6. The van der Waals surface area contributed by atoms with Crippen molar-refractivity contribution in [1.82, 2.24) is 129 Å². The molecule has 3 radical (unpaired) electrons. The van der Waals surface area contributed by atoms with Gasteiger partial charge in [0.25, 0.3) is 17.1 Å². The summed E-state index contributed by atoms with van der Waals surface area (Å²) in [5, 5.41) is 84.8. The molecule has 3 amide bonds. The summed E-state index contributed by atoms with van der Waals surface area (Å²) in [6, 6.07) is 14.8. The zero-order chi connectivity index (χ0) is 107. The van der Waals surface area contributed by atoms with Gasteiger partial charge in [0, 0.05) is 65.7 Å². The van der Waals surface area contributed by atoms with Crippen molar-refractivity contribution in [2.75, 3.05) is 73.3 Å². The van der Waals surface area contributed by atoms with Gasteiger partial charge in [0.1, 0.15) is 97.2 Å². The van der Waals surface area contributed by atoms with E-state index in [0.29, 0.717) is 123 Å². The maximum Gasteiger partial charge on any atom is 1.00 e. The van der Waals surface area contributed by atoms with Crippen LogP contribution < -0.4 is 68.0 Å². The third kappa shape index (κ3) is 41.8. The van der Waals surface area contributed by atoms with Crippen LogP contribution in [0.3, 0.4) is 0 Å². The molecular weight excluding hydrogens is 2550 g/mol. The number of hydrogen-bond acceptors (Lipinski definition) is 45. The van der Waals surface area contributed by atoms with E-state index in [9.17, 15) is 68.3 Å². The van der Waals surface area contributed by atoms with Crippen molar-refractivity contribution >= 4 is 288 Å². The maximum absolute atomic E-state index is 12.1. The molecule has 0 bridgehead atoms. The number of aromatic amines is 1. The minimum Gasteiger partial charge on any atom is -0.793 e. The first-order valence-corrected chi connectivity index (χ1v) is 45.1. The minimum atomic E-state index is -0.892. The molecule has 0 spiro atoms.